The lowest BCUT2D eigenvalue weighted by Crippen LogP contribution is -2.21. The molecule has 0 amide bonds. The van der Waals surface area contributed by atoms with E-state index in [-0.39, 0.29) is 24.6 Å². The molecule has 0 aromatic rings. The predicted molar refractivity (Wildman–Crippen MR) is 51.1 cm³/mol. The van der Waals surface area contributed by atoms with E-state index in [9.17, 15) is 28.7 Å². The third-order valence-electron chi connectivity index (χ3n) is 0.582. The van der Waals surface area contributed by atoms with E-state index < -0.39 is 28.9 Å². The average molecular weight is 290 g/mol. The molecule has 12 nitrogen and oxygen atoms in total. The van der Waals surface area contributed by atoms with Gasteiger partial charge in [0.15, 0.2) is 0 Å². The van der Waals surface area contributed by atoms with Gasteiger partial charge in [-0.1, -0.05) is 0 Å². The molecule has 0 atom stereocenters. The summed E-state index contributed by atoms with van der Waals surface area (Å²) in [6.07, 6.45) is 0. The Hall–Kier alpha value is 0.0600. The van der Waals surface area contributed by atoms with Gasteiger partial charge in [-0.05, 0) is 0 Å². The number of quaternary nitrogens is 4. The summed E-state index contributed by atoms with van der Waals surface area (Å²) < 4.78 is 26.5. The Balaban J connectivity index is -0.000000101. The third kappa shape index (κ3) is 29.2. The fraction of sp³-hybridized carbons (Fsp3) is 1.00. The van der Waals surface area contributed by atoms with Crippen molar-refractivity contribution in [3.8, 4) is 0 Å². The average Bonchev–Trinajstić information content (AvgIpc) is 1.76. The van der Waals surface area contributed by atoms with Crippen molar-refractivity contribution >= 4 is 15.6 Å². The van der Waals surface area contributed by atoms with E-state index in [2.05, 4.69) is 9.05 Å². The number of hydrogen-bond acceptors (Lipinski definition) is 8. The topological polar surface area (TPSA) is 291 Å². The van der Waals surface area contributed by atoms with Crippen molar-refractivity contribution in [2.45, 2.75) is 0 Å². The SMILES string of the molecule is O=P([O-])([O-])OCCOP(=O)([O-])[O-].[NH4+].[NH4+].[NH4+].[NH4+]. The van der Waals surface area contributed by atoms with Crippen LogP contribution in [0.4, 0.5) is 0 Å². The lowest BCUT2D eigenvalue weighted by atomic mass is 10.8. The fourth-order valence-corrected chi connectivity index (χ4v) is 0.894. The summed E-state index contributed by atoms with van der Waals surface area (Å²) in [4.78, 5) is 38.9. The van der Waals surface area contributed by atoms with Crippen LogP contribution >= 0.6 is 15.6 Å². The largest absolute Gasteiger partial charge is 0.790 e. The zero-order valence-corrected chi connectivity index (χ0v) is 11.4. The van der Waals surface area contributed by atoms with E-state index >= 15 is 0 Å². The van der Waals surface area contributed by atoms with Crippen molar-refractivity contribution in [2.75, 3.05) is 13.2 Å². The van der Waals surface area contributed by atoms with E-state index in [1.807, 2.05) is 0 Å². The summed E-state index contributed by atoms with van der Waals surface area (Å²) in [6, 6.07) is 0. The Morgan fingerprint density at radius 3 is 1.00 bits per heavy atom. The molecular formula is C2H20N4O8P2. The van der Waals surface area contributed by atoms with Crippen LogP contribution in [0.3, 0.4) is 0 Å². The minimum absolute atomic E-state index is 0. The Morgan fingerprint density at radius 1 is 0.688 bits per heavy atom. The maximum absolute atomic E-state index is 9.72. The van der Waals surface area contributed by atoms with Crippen molar-refractivity contribution in [3.05, 3.63) is 0 Å². The highest BCUT2D eigenvalue weighted by Crippen LogP contribution is 2.27. The number of phosphoric acid groups is 2. The van der Waals surface area contributed by atoms with E-state index in [0.717, 1.165) is 0 Å². The van der Waals surface area contributed by atoms with Crippen LogP contribution in [0.1, 0.15) is 0 Å². The van der Waals surface area contributed by atoms with Gasteiger partial charge in [-0.3, -0.25) is 0 Å². The smallest absolute Gasteiger partial charge is 0.0756 e. The van der Waals surface area contributed by atoms with Crippen molar-refractivity contribution < 1.29 is 37.8 Å². The Kier molecular flexibility index (Phi) is 21.5. The van der Waals surface area contributed by atoms with Gasteiger partial charge in [0, 0.05) is 0 Å². The maximum Gasteiger partial charge on any atom is 0.0756 e. The second-order valence-electron chi connectivity index (χ2n) is 1.56. The molecule has 14 heteroatoms. The molecule has 0 bridgehead atoms. The summed E-state index contributed by atoms with van der Waals surface area (Å²) in [6.45, 7) is -1.59. The molecule has 0 saturated carbocycles. The summed E-state index contributed by atoms with van der Waals surface area (Å²) >= 11 is 0. The first-order chi connectivity index (χ1) is 5.21. The minimum atomic E-state index is -5.12. The normalized spacial score (nSPS) is 10.0. The summed E-state index contributed by atoms with van der Waals surface area (Å²) in [7, 11) is -10.2. The molecule has 0 aliphatic carbocycles. The van der Waals surface area contributed by atoms with Gasteiger partial charge in [0.05, 0.1) is 28.9 Å². The molecule has 0 saturated heterocycles. The fourth-order valence-electron chi connectivity index (χ4n) is 0.298. The highest BCUT2D eigenvalue weighted by Gasteiger charge is 1.93. The Morgan fingerprint density at radius 2 is 0.875 bits per heavy atom. The first-order valence-corrected chi connectivity index (χ1v) is 5.46. The molecule has 0 aliphatic heterocycles. The number of rotatable bonds is 5. The molecule has 0 aromatic heterocycles. The second-order valence-corrected chi connectivity index (χ2v) is 3.87. The lowest BCUT2D eigenvalue weighted by molar-refractivity contribution is -0.349. The van der Waals surface area contributed by atoms with E-state index in [1.165, 1.54) is 0 Å². The van der Waals surface area contributed by atoms with Gasteiger partial charge in [0.1, 0.15) is 0 Å². The van der Waals surface area contributed by atoms with E-state index in [0.29, 0.717) is 0 Å². The zero-order chi connectivity index (χ0) is 9.83. The van der Waals surface area contributed by atoms with Crippen molar-refractivity contribution in [2.24, 2.45) is 0 Å². The lowest BCUT2D eigenvalue weighted by Gasteiger charge is -2.31. The predicted octanol–water partition coefficient (Wildman–Crippen LogP) is -1.82. The summed E-state index contributed by atoms with van der Waals surface area (Å²) in [5, 5.41) is 0. The van der Waals surface area contributed by atoms with Crippen molar-refractivity contribution in [1.82, 2.24) is 24.6 Å². The molecule has 0 radical (unpaired) electrons. The van der Waals surface area contributed by atoms with Crippen LogP contribution in [0.15, 0.2) is 0 Å². The van der Waals surface area contributed by atoms with Crippen LogP contribution in [0, 0.1) is 0 Å². The molecule has 0 rings (SSSR count). The molecule has 0 spiro atoms. The maximum atomic E-state index is 9.72. The molecule has 0 unspecified atom stereocenters. The van der Waals surface area contributed by atoms with Gasteiger partial charge in [-0.2, -0.15) is 0 Å². The van der Waals surface area contributed by atoms with Gasteiger partial charge < -0.3 is 62.4 Å². The quantitative estimate of drug-likeness (QED) is 0.329. The Bertz CT molecular complexity index is 200. The third-order valence-corrected chi connectivity index (χ3v) is 1.58. The number of hydrogen-bond donors (Lipinski definition) is 4. The van der Waals surface area contributed by atoms with Gasteiger partial charge in [0.2, 0.25) is 0 Å². The van der Waals surface area contributed by atoms with Gasteiger partial charge >= 0.3 is 0 Å². The van der Waals surface area contributed by atoms with Crippen LogP contribution in [0.25, 0.3) is 0 Å². The molecule has 0 heterocycles. The highest BCUT2D eigenvalue weighted by atomic mass is 31.2. The van der Waals surface area contributed by atoms with E-state index in [4.69, 9.17) is 0 Å². The molecule has 0 fully saturated rings. The van der Waals surface area contributed by atoms with Crippen molar-refractivity contribution in [1.29, 1.82) is 0 Å². The van der Waals surface area contributed by atoms with Crippen LogP contribution in [-0.4, -0.2) is 13.2 Å². The molecule has 16 N–H and O–H groups in total. The van der Waals surface area contributed by atoms with Crippen LogP contribution in [-0.2, 0) is 18.2 Å². The van der Waals surface area contributed by atoms with Crippen LogP contribution in [0.5, 0.6) is 0 Å². The molecule has 16 heavy (non-hydrogen) atoms. The monoisotopic (exact) mass is 290 g/mol. The standard InChI is InChI=1S/C2H8O8P2.4H3N/c3-11(4,5)9-1-2-10-12(6,7)8;;;;/h1-2H2,(H2,3,4,5)(H2,6,7,8);4*1H3. The molecule has 0 aliphatic rings. The molecular weight excluding hydrogens is 270 g/mol. The summed E-state index contributed by atoms with van der Waals surface area (Å²) in [5.41, 5.74) is 0. The highest BCUT2D eigenvalue weighted by molar-refractivity contribution is 7.43. The second kappa shape index (κ2) is 11.5. The van der Waals surface area contributed by atoms with Crippen molar-refractivity contribution in [3.63, 3.8) is 0 Å². The minimum Gasteiger partial charge on any atom is -0.790 e. The van der Waals surface area contributed by atoms with Crippen LogP contribution in [0.2, 0.25) is 0 Å². The first kappa shape index (κ1) is 29.8. The Labute approximate surface area is 92.2 Å². The first-order valence-electron chi connectivity index (χ1n) is 2.54. The van der Waals surface area contributed by atoms with Gasteiger partial charge in [0.25, 0.3) is 0 Å². The summed E-state index contributed by atoms with van der Waals surface area (Å²) in [5.74, 6) is 0. The van der Waals surface area contributed by atoms with Gasteiger partial charge in [-0.25, -0.2) is 0 Å². The molecule has 0 aromatic carbocycles. The van der Waals surface area contributed by atoms with E-state index in [1.54, 1.807) is 0 Å². The molecule has 106 valence electrons. The van der Waals surface area contributed by atoms with Crippen LogP contribution < -0.4 is 44.2 Å². The number of phosphoric ester groups is 2. The van der Waals surface area contributed by atoms with Gasteiger partial charge in [-0.15, -0.1) is 0 Å². The zero-order valence-electron chi connectivity index (χ0n) is 9.57.